The number of benzene rings is 2. The van der Waals surface area contributed by atoms with E-state index in [1.54, 1.807) is 31.4 Å². The fourth-order valence-corrected chi connectivity index (χ4v) is 4.89. The molecular formula is C28H33FN2O6. The number of hydrogen-bond donors (Lipinski definition) is 1. The lowest BCUT2D eigenvalue weighted by Crippen LogP contribution is -2.60. The van der Waals surface area contributed by atoms with Crippen LogP contribution in [0.25, 0.3) is 0 Å². The Morgan fingerprint density at radius 3 is 2.62 bits per heavy atom. The van der Waals surface area contributed by atoms with Crippen LogP contribution in [0.1, 0.15) is 43.4 Å². The highest BCUT2D eigenvalue weighted by molar-refractivity contribution is 5.85. The van der Waals surface area contributed by atoms with E-state index in [4.69, 9.17) is 23.7 Å². The van der Waals surface area contributed by atoms with Gasteiger partial charge in [0, 0.05) is 26.5 Å². The van der Waals surface area contributed by atoms with Crippen molar-refractivity contribution in [3.8, 4) is 6.07 Å². The number of carbonyl (C=O) groups excluding carboxylic acids is 1. The van der Waals surface area contributed by atoms with Crippen LogP contribution in [-0.4, -0.2) is 55.9 Å². The molecule has 1 saturated carbocycles. The second kappa shape index (κ2) is 11.7. The van der Waals surface area contributed by atoms with Gasteiger partial charge in [-0.1, -0.05) is 30.3 Å². The number of methoxy groups -OCH3 is 1. The summed E-state index contributed by atoms with van der Waals surface area (Å²) in [6, 6.07) is 15.4. The lowest BCUT2D eigenvalue weighted by atomic mass is 9.78. The van der Waals surface area contributed by atoms with Crippen LogP contribution >= 0.6 is 0 Å². The normalized spacial score (nSPS) is 26.3. The minimum absolute atomic E-state index is 0.101. The van der Waals surface area contributed by atoms with Gasteiger partial charge in [-0.3, -0.25) is 4.79 Å². The van der Waals surface area contributed by atoms with Gasteiger partial charge < -0.3 is 29.0 Å². The number of ether oxygens (including phenoxy) is 5. The van der Waals surface area contributed by atoms with Gasteiger partial charge in [0.25, 0.3) is 5.91 Å². The van der Waals surface area contributed by atoms with Crippen LogP contribution in [0.15, 0.2) is 48.5 Å². The SMILES string of the molecule is COCCNC(=O)[C@@]1(OCc2ccc(F)cc2)C[C@@H](OCc2ccccc2C#N)[C@@H]2OC(C)(C)O[C@@H]2C1. The minimum Gasteiger partial charge on any atom is -0.383 e. The monoisotopic (exact) mass is 512 g/mol. The van der Waals surface area contributed by atoms with Crippen LogP contribution in [0.3, 0.4) is 0 Å². The number of carbonyl (C=O) groups is 1. The smallest absolute Gasteiger partial charge is 0.252 e. The molecule has 4 atom stereocenters. The molecule has 2 fully saturated rings. The van der Waals surface area contributed by atoms with Crippen LogP contribution < -0.4 is 5.32 Å². The number of fused-ring (bicyclic) bond motifs is 1. The van der Waals surface area contributed by atoms with Crippen molar-refractivity contribution in [2.45, 2.75) is 69.6 Å². The molecule has 198 valence electrons. The highest BCUT2D eigenvalue weighted by atomic mass is 19.1. The zero-order chi connectivity index (χ0) is 26.5. The van der Waals surface area contributed by atoms with Crippen LogP contribution in [-0.2, 0) is 41.7 Å². The molecule has 2 aromatic carbocycles. The summed E-state index contributed by atoms with van der Waals surface area (Å²) in [5.41, 5.74) is 0.714. The largest absolute Gasteiger partial charge is 0.383 e. The third kappa shape index (κ3) is 6.53. The summed E-state index contributed by atoms with van der Waals surface area (Å²) in [6.07, 6.45) is -0.952. The maximum absolute atomic E-state index is 13.6. The second-order valence-electron chi connectivity index (χ2n) is 9.82. The summed E-state index contributed by atoms with van der Waals surface area (Å²) in [5.74, 6) is -1.51. The third-order valence-corrected chi connectivity index (χ3v) is 6.67. The van der Waals surface area contributed by atoms with E-state index in [9.17, 15) is 14.4 Å². The van der Waals surface area contributed by atoms with Crippen molar-refractivity contribution in [1.82, 2.24) is 5.32 Å². The van der Waals surface area contributed by atoms with E-state index >= 15 is 0 Å². The van der Waals surface area contributed by atoms with E-state index in [1.807, 2.05) is 26.0 Å². The van der Waals surface area contributed by atoms with E-state index in [0.717, 1.165) is 11.1 Å². The van der Waals surface area contributed by atoms with Crippen LogP contribution in [0.5, 0.6) is 0 Å². The number of amides is 1. The summed E-state index contributed by atoms with van der Waals surface area (Å²) in [4.78, 5) is 13.6. The van der Waals surface area contributed by atoms with Gasteiger partial charge in [-0.2, -0.15) is 5.26 Å². The number of nitrogens with one attached hydrogen (secondary N) is 1. The van der Waals surface area contributed by atoms with Gasteiger partial charge in [0.1, 0.15) is 11.9 Å². The van der Waals surface area contributed by atoms with Crippen LogP contribution in [0.2, 0.25) is 0 Å². The Labute approximate surface area is 216 Å². The standard InChI is InChI=1S/C28H33FN2O6/c1-27(2)36-24-15-28(26(32)31-12-13-33-3,35-17-19-8-10-22(29)11-9-19)14-23(25(24)37-27)34-18-21-7-5-4-6-20(21)16-30/h4-11,23-25H,12-15,17-18H2,1-3H3,(H,31,32)/t23-,24-,25+,28-/m1/s1. The first kappa shape index (κ1) is 27.2. The first-order valence-electron chi connectivity index (χ1n) is 12.4. The predicted molar refractivity (Wildman–Crippen MR) is 132 cm³/mol. The molecule has 0 unspecified atom stereocenters. The lowest BCUT2D eigenvalue weighted by Gasteiger charge is -2.43. The van der Waals surface area contributed by atoms with E-state index in [2.05, 4.69) is 11.4 Å². The Balaban J connectivity index is 1.60. The van der Waals surface area contributed by atoms with Gasteiger partial charge in [-0.15, -0.1) is 0 Å². The first-order chi connectivity index (χ1) is 17.7. The van der Waals surface area contributed by atoms with Crippen LogP contribution in [0, 0.1) is 17.1 Å². The average Bonchev–Trinajstić information content (AvgIpc) is 3.20. The lowest BCUT2D eigenvalue weighted by molar-refractivity contribution is -0.183. The van der Waals surface area contributed by atoms with Crippen molar-refractivity contribution >= 4 is 5.91 Å². The molecule has 0 radical (unpaired) electrons. The Hall–Kier alpha value is -2.87. The van der Waals surface area contributed by atoms with Gasteiger partial charge in [-0.05, 0) is 43.2 Å². The molecule has 1 amide bonds. The van der Waals surface area contributed by atoms with Crippen molar-refractivity contribution in [3.63, 3.8) is 0 Å². The fraction of sp³-hybridized carbons (Fsp3) is 0.500. The van der Waals surface area contributed by atoms with E-state index in [1.165, 1.54) is 12.1 Å². The molecule has 2 aliphatic rings. The molecule has 0 bridgehead atoms. The molecule has 0 spiro atoms. The fourth-order valence-electron chi connectivity index (χ4n) is 4.89. The molecular weight excluding hydrogens is 479 g/mol. The quantitative estimate of drug-likeness (QED) is 0.486. The van der Waals surface area contributed by atoms with Crippen molar-refractivity contribution < 1.29 is 32.9 Å². The molecule has 37 heavy (non-hydrogen) atoms. The molecule has 1 N–H and O–H groups in total. The van der Waals surface area contributed by atoms with Gasteiger partial charge >= 0.3 is 0 Å². The highest BCUT2D eigenvalue weighted by Crippen LogP contribution is 2.44. The van der Waals surface area contributed by atoms with Crippen LogP contribution in [0.4, 0.5) is 4.39 Å². The maximum Gasteiger partial charge on any atom is 0.252 e. The van der Waals surface area contributed by atoms with E-state index < -0.39 is 29.7 Å². The summed E-state index contributed by atoms with van der Waals surface area (Å²) < 4.78 is 43.6. The average molecular weight is 513 g/mol. The molecule has 2 aromatic rings. The van der Waals surface area contributed by atoms with Crippen molar-refractivity contribution in [2.24, 2.45) is 0 Å². The molecule has 8 nitrogen and oxygen atoms in total. The minimum atomic E-state index is -1.29. The van der Waals surface area contributed by atoms with Gasteiger partial charge in [0.15, 0.2) is 11.4 Å². The first-order valence-corrected chi connectivity index (χ1v) is 12.4. The molecule has 0 aromatic heterocycles. The Morgan fingerprint density at radius 1 is 1.14 bits per heavy atom. The van der Waals surface area contributed by atoms with E-state index in [0.29, 0.717) is 18.7 Å². The predicted octanol–water partition coefficient (Wildman–Crippen LogP) is 3.61. The van der Waals surface area contributed by atoms with Crippen molar-refractivity contribution in [2.75, 3.05) is 20.3 Å². The number of rotatable bonds is 10. The molecule has 1 saturated heterocycles. The highest BCUT2D eigenvalue weighted by Gasteiger charge is 2.58. The zero-order valence-electron chi connectivity index (χ0n) is 21.4. The zero-order valence-corrected chi connectivity index (χ0v) is 21.4. The molecule has 9 heteroatoms. The summed E-state index contributed by atoms with van der Waals surface area (Å²) >= 11 is 0. The second-order valence-corrected chi connectivity index (χ2v) is 9.82. The van der Waals surface area contributed by atoms with Crippen molar-refractivity contribution in [3.05, 3.63) is 71.0 Å². The van der Waals surface area contributed by atoms with Crippen molar-refractivity contribution in [1.29, 1.82) is 5.26 Å². The maximum atomic E-state index is 13.6. The molecule has 1 aliphatic carbocycles. The summed E-state index contributed by atoms with van der Waals surface area (Å²) in [7, 11) is 1.56. The molecule has 1 aliphatic heterocycles. The Bertz CT molecular complexity index is 1120. The Kier molecular flexibility index (Phi) is 8.57. The molecule has 4 rings (SSSR count). The van der Waals surface area contributed by atoms with Gasteiger partial charge in [-0.25, -0.2) is 4.39 Å². The number of nitrogens with zero attached hydrogens (tertiary/aromatic N) is 1. The number of hydrogen-bond acceptors (Lipinski definition) is 7. The van der Waals surface area contributed by atoms with E-state index in [-0.39, 0.29) is 37.8 Å². The third-order valence-electron chi connectivity index (χ3n) is 6.67. The number of nitriles is 1. The Morgan fingerprint density at radius 2 is 1.89 bits per heavy atom. The summed E-state index contributed by atoms with van der Waals surface area (Å²) in [6.45, 7) is 4.59. The van der Waals surface area contributed by atoms with Gasteiger partial charge in [0.2, 0.25) is 0 Å². The number of halogens is 1. The van der Waals surface area contributed by atoms with Gasteiger partial charge in [0.05, 0.1) is 43.7 Å². The molecule has 1 heterocycles. The topological polar surface area (TPSA) is 99.0 Å². The summed E-state index contributed by atoms with van der Waals surface area (Å²) in [5, 5.41) is 12.4.